The summed E-state index contributed by atoms with van der Waals surface area (Å²) in [6.07, 6.45) is 4.55. The number of aromatic nitrogens is 1. The third kappa shape index (κ3) is 6.92. The summed E-state index contributed by atoms with van der Waals surface area (Å²) < 4.78 is 0. The molecule has 2 nitrogen and oxygen atoms in total. The van der Waals surface area contributed by atoms with Crippen molar-refractivity contribution in [3.05, 3.63) is 152 Å². The minimum Gasteiger partial charge on any atom is -0.354 e. The highest BCUT2D eigenvalue weighted by Crippen LogP contribution is 2.39. The second-order valence-electron chi connectivity index (χ2n) is 16.3. The maximum Gasteiger partial charge on any atom is 0.0737 e. The number of nitrogens with zero attached hydrogens (tertiary/aromatic N) is 1. The van der Waals surface area contributed by atoms with Crippen LogP contribution < -0.4 is 0 Å². The number of hydrogen-bond acceptors (Lipinski definition) is 1. The third-order valence-corrected chi connectivity index (χ3v) is 10.3. The Balaban J connectivity index is 1.55. The van der Waals surface area contributed by atoms with Gasteiger partial charge in [0.1, 0.15) is 0 Å². The van der Waals surface area contributed by atoms with Crippen LogP contribution in [-0.2, 0) is 10.8 Å². The summed E-state index contributed by atoms with van der Waals surface area (Å²) in [5.74, 6) is 0. The van der Waals surface area contributed by atoms with E-state index in [1.165, 1.54) is 66.8 Å². The van der Waals surface area contributed by atoms with E-state index in [0.717, 1.165) is 33.9 Å². The smallest absolute Gasteiger partial charge is 0.0737 e. The number of nitrogens with one attached hydrogen (secondary N) is 1. The zero-order chi connectivity index (χ0) is 35.4. The van der Waals surface area contributed by atoms with Gasteiger partial charge in [-0.05, 0) is 132 Å². The summed E-state index contributed by atoms with van der Waals surface area (Å²) in [5.41, 5.74) is 21.9. The lowest BCUT2D eigenvalue weighted by Crippen LogP contribution is -2.11. The van der Waals surface area contributed by atoms with E-state index >= 15 is 0 Å². The molecule has 0 bridgehead atoms. The van der Waals surface area contributed by atoms with Gasteiger partial charge in [0.05, 0.1) is 11.4 Å². The van der Waals surface area contributed by atoms with Crippen molar-refractivity contribution in [2.24, 2.45) is 4.99 Å². The van der Waals surface area contributed by atoms with Crippen LogP contribution in [-0.4, -0.2) is 10.7 Å². The second-order valence-corrected chi connectivity index (χ2v) is 16.3. The summed E-state index contributed by atoms with van der Waals surface area (Å²) in [5, 5.41) is 0. The van der Waals surface area contributed by atoms with Gasteiger partial charge in [-0.3, -0.25) is 0 Å². The summed E-state index contributed by atoms with van der Waals surface area (Å²) in [4.78, 5) is 9.23. The van der Waals surface area contributed by atoms with Gasteiger partial charge in [0.15, 0.2) is 0 Å². The van der Waals surface area contributed by atoms with Crippen LogP contribution in [0.3, 0.4) is 0 Å². The molecule has 2 heteroatoms. The largest absolute Gasteiger partial charge is 0.354 e. The molecular formula is C47H52N2. The van der Waals surface area contributed by atoms with Crippen LogP contribution in [0.2, 0.25) is 0 Å². The minimum absolute atomic E-state index is 0.0971. The SMILES string of the molecule is Cc1cc(C)c(C2=CC(c3ccc(C(C)(C)C)cc3)=N/C2=C\c2[nH]c(-c3ccc(C(C)(C)C)cc3)cc2-c2cc(C)c(C)cc2C)cc1C. The maximum atomic E-state index is 5.37. The summed E-state index contributed by atoms with van der Waals surface area (Å²) in [7, 11) is 0. The predicted molar refractivity (Wildman–Crippen MR) is 213 cm³/mol. The zero-order valence-corrected chi connectivity index (χ0v) is 31.6. The number of aryl methyl sites for hydroxylation is 6. The Bertz CT molecular complexity index is 2150. The van der Waals surface area contributed by atoms with E-state index in [1.54, 1.807) is 0 Å². The van der Waals surface area contributed by atoms with Gasteiger partial charge >= 0.3 is 0 Å². The quantitative estimate of drug-likeness (QED) is 0.197. The molecule has 0 spiro atoms. The minimum atomic E-state index is 0.0971. The molecule has 0 saturated heterocycles. The van der Waals surface area contributed by atoms with Gasteiger partial charge in [-0.1, -0.05) is 114 Å². The molecule has 1 aliphatic heterocycles. The first-order valence-electron chi connectivity index (χ1n) is 17.6. The number of allylic oxidation sites excluding steroid dienone is 2. The molecule has 0 aliphatic carbocycles. The maximum absolute atomic E-state index is 5.37. The van der Waals surface area contributed by atoms with Crippen LogP contribution in [0.5, 0.6) is 0 Å². The molecule has 1 aliphatic rings. The van der Waals surface area contributed by atoms with Gasteiger partial charge in [0.2, 0.25) is 0 Å². The van der Waals surface area contributed by atoms with Gasteiger partial charge in [0.25, 0.3) is 0 Å². The number of rotatable bonds is 5. The molecule has 0 unspecified atom stereocenters. The van der Waals surface area contributed by atoms with Crippen molar-refractivity contribution in [3.8, 4) is 22.4 Å². The van der Waals surface area contributed by atoms with E-state index in [1.807, 2.05) is 0 Å². The molecule has 6 rings (SSSR count). The lowest BCUT2D eigenvalue weighted by Gasteiger charge is -2.19. The fourth-order valence-electron chi connectivity index (χ4n) is 6.80. The molecule has 4 aromatic carbocycles. The van der Waals surface area contributed by atoms with Crippen molar-refractivity contribution in [2.75, 3.05) is 0 Å². The van der Waals surface area contributed by atoms with Crippen molar-refractivity contribution >= 4 is 17.4 Å². The molecule has 49 heavy (non-hydrogen) atoms. The number of aliphatic imine (C=N–C) groups is 1. The first-order chi connectivity index (χ1) is 23.0. The van der Waals surface area contributed by atoms with E-state index in [-0.39, 0.29) is 10.8 Å². The normalized spacial score (nSPS) is 14.4. The van der Waals surface area contributed by atoms with E-state index in [9.17, 15) is 0 Å². The fourth-order valence-corrected chi connectivity index (χ4v) is 6.80. The molecule has 2 heterocycles. The van der Waals surface area contributed by atoms with Crippen LogP contribution in [0, 0.1) is 41.5 Å². The van der Waals surface area contributed by atoms with E-state index in [4.69, 9.17) is 4.99 Å². The van der Waals surface area contributed by atoms with E-state index in [0.29, 0.717) is 0 Å². The van der Waals surface area contributed by atoms with Crippen LogP contribution in [0.1, 0.15) is 103 Å². The van der Waals surface area contributed by atoms with Crippen molar-refractivity contribution in [2.45, 2.75) is 93.9 Å². The molecule has 0 radical (unpaired) electrons. The van der Waals surface area contributed by atoms with Crippen LogP contribution in [0.4, 0.5) is 0 Å². The summed E-state index contributed by atoms with van der Waals surface area (Å²) in [6.45, 7) is 26.8. The average Bonchev–Trinajstić information content (AvgIpc) is 3.65. The topological polar surface area (TPSA) is 28.1 Å². The highest BCUT2D eigenvalue weighted by molar-refractivity contribution is 6.19. The molecule has 0 fully saturated rings. The monoisotopic (exact) mass is 644 g/mol. The lowest BCUT2D eigenvalue weighted by molar-refractivity contribution is 0.590. The Hall–Kier alpha value is -4.69. The molecule has 0 saturated carbocycles. The second kappa shape index (κ2) is 12.6. The zero-order valence-electron chi connectivity index (χ0n) is 31.6. The molecular weight excluding hydrogens is 593 g/mol. The number of hydrogen-bond donors (Lipinski definition) is 1. The predicted octanol–water partition coefficient (Wildman–Crippen LogP) is 12.7. The van der Waals surface area contributed by atoms with Crippen LogP contribution >= 0.6 is 0 Å². The third-order valence-electron chi connectivity index (χ3n) is 10.3. The summed E-state index contributed by atoms with van der Waals surface area (Å²) in [6, 6.07) is 29.6. The molecule has 0 amide bonds. The van der Waals surface area contributed by atoms with Crippen LogP contribution in [0.15, 0.2) is 95.6 Å². The highest BCUT2D eigenvalue weighted by atomic mass is 14.8. The van der Waals surface area contributed by atoms with Gasteiger partial charge in [-0.25, -0.2) is 4.99 Å². The average molecular weight is 645 g/mol. The lowest BCUT2D eigenvalue weighted by atomic mass is 9.86. The Morgan fingerprint density at radius 3 is 1.51 bits per heavy atom. The Labute approximate surface area is 294 Å². The first-order valence-corrected chi connectivity index (χ1v) is 17.6. The summed E-state index contributed by atoms with van der Waals surface area (Å²) >= 11 is 0. The van der Waals surface area contributed by atoms with Gasteiger partial charge in [0, 0.05) is 28.1 Å². The molecule has 0 atom stereocenters. The van der Waals surface area contributed by atoms with Gasteiger partial charge < -0.3 is 4.98 Å². The van der Waals surface area contributed by atoms with E-state index in [2.05, 4.69) is 179 Å². The number of benzene rings is 4. The van der Waals surface area contributed by atoms with E-state index < -0.39 is 0 Å². The van der Waals surface area contributed by atoms with Crippen molar-refractivity contribution < 1.29 is 0 Å². The number of H-pyrrole nitrogens is 1. The molecule has 1 aromatic heterocycles. The Morgan fingerprint density at radius 2 is 0.980 bits per heavy atom. The van der Waals surface area contributed by atoms with Crippen molar-refractivity contribution in [1.29, 1.82) is 0 Å². The van der Waals surface area contributed by atoms with Crippen LogP contribution in [0.25, 0.3) is 34.0 Å². The Morgan fingerprint density at radius 1 is 0.510 bits per heavy atom. The highest BCUT2D eigenvalue weighted by Gasteiger charge is 2.23. The molecule has 250 valence electrons. The molecule has 5 aromatic rings. The van der Waals surface area contributed by atoms with Gasteiger partial charge in [-0.15, -0.1) is 0 Å². The first kappa shape index (κ1) is 34.2. The number of aromatic amines is 1. The standard InChI is InChI=1S/C47H52N2/c1-28-21-32(5)38(23-30(28)3)40-25-42(34-13-17-36(18-14-34)46(7,8)9)48-44(40)27-45-41(39-24-31(4)29(2)22-33(39)6)26-43(49-45)35-15-19-37(20-16-35)47(10,11)12/h13-27,48H,1-12H3/b45-27-. The van der Waals surface area contributed by atoms with Crippen molar-refractivity contribution in [1.82, 2.24) is 4.98 Å². The van der Waals surface area contributed by atoms with Crippen molar-refractivity contribution in [3.63, 3.8) is 0 Å². The fraction of sp³-hybridized carbons (Fsp3) is 0.298. The molecule has 1 N–H and O–H groups in total. The van der Waals surface area contributed by atoms with Gasteiger partial charge in [-0.2, -0.15) is 0 Å². The Kier molecular flexibility index (Phi) is 8.82.